The van der Waals surface area contributed by atoms with E-state index in [2.05, 4.69) is 17.6 Å². The van der Waals surface area contributed by atoms with Crippen LogP contribution < -0.4 is 10.6 Å². The average molecular weight is 253 g/mol. The molecule has 2 rings (SSSR count). The predicted molar refractivity (Wildman–Crippen MR) is 69.0 cm³/mol. The van der Waals surface area contributed by atoms with Crippen LogP contribution in [0.1, 0.15) is 32.6 Å². The maximum absolute atomic E-state index is 12.7. The third-order valence-electron chi connectivity index (χ3n) is 3.97. The van der Waals surface area contributed by atoms with E-state index in [9.17, 15) is 9.59 Å². The van der Waals surface area contributed by atoms with Crippen molar-refractivity contribution >= 4 is 11.8 Å². The number of hydrogen-bond donors (Lipinski definition) is 2. The van der Waals surface area contributed by atoms with Crippen LogP contribution in [0.15, 0.2) is 0 Å². The summed E-state index contributed by atoms with van der Waals surface area (Å²) >= 11 is 0. The van der Waals surface area contributed by atoms with Crippen molar-refractivity contribution in [3.63, 3.8) is 0 Å². The van der Waals surface area contributed by atoms with E-state index in [1.807, 2.05) is 0 Å². The lowest BCUT2D eigenvalue weighted by atomic mass is 9.81. The monoisotopic (exact) mass is 253 g/mol. The molecule has 2 saturated heterocycles. The molecule has 0 aromatic heterocycles. The minimum Gasteiger partial charge on any atom is -0.354 e. The fraction of sp³-hybridized carbons (Fsp3) is 0.846. The van der Waals surface area contributed by atoms with E-state index in [4.69, 9.17) is 0 Å². The minimum absolute atomic E-state index is 0.0292. The van der Waals surface area contributed by atoms with Crippen molar-refractivity contribution in [1.82, 2.24) is 15.5 Å². The Morgan fingerprint density at radius 1 is 1.44 bits per heavy atom. The second-order valence-electron chi connectivity index (χ2n) is 5.39. The van der Waals surface area contributed by atoms with Crippen molar-refractivity contribution in [2.75, 3.05) is 32.7 Å². The summed E-state index contributed by atoms with van der Waals surface area (Å²) in [4.78, 5) is 26.0. The largest absolute Gasteiger partial charge is 0.354 e. The molecule has 5 heteroatoms. The third-order valence-corrected chi connectivity index (χ3v) is 3.97. The van der Waals surface area contributed by atoms with Gasteiger partial charge in [0.15, 0.2) is 0 Å². The third kappa shape index (κ3) is 2.66. The summed E-state index contributed by atoms with van der Waals surface area (Å²) in [5.74, 6) is 0.143. The summed E-state index contributed by atoms with van der Waals surface area (Å²) < 4.78 is 0. The Labute approximate surface area is 108 Å². The Morgan fingerprint density at radius 2 is 2.28 bits per heavy atom. The Balaban J connectivity index is 2.09. The van der Waals surface area contributed by atoms with Gasteiger partial charge in [-0.1, -0.05) is 13.3 Å². The maximum Gasteiger partial charge on any atom is 0.239 e. The van der Waals surface area contributed by atoms with Gasteiger partial charge in [0.05, 0.1) is 12.0 Å². The van der Waals surface area contributed by atoms with Gasteiger partial charge in [-0.05, 0) is 25.8 Å². The highest BCUT2D eigenvalue weighted by atomic mass is 16.2. The van der Waals surface area contributed by atoms with Gasteiger partial charge in [0.25, 0.3) is 0 Å². The molecule has 0 radical (unpaired) electrons. The van der Waals surface area contributed by atoms with Crippen molar-refractivity contribution in [2.45, 2.75) is 32.6 Å². The number of nitrogens with one attached hydrogen (secondary N) is 2. The molecule has 2 aliphatic heterocycles. The second-order valence-corrected chi connectivity index (χ2v) is 5.39. The van der Waals surface area contributed by atoms with Crippen molar-refractivity contribution in [3.8, 4) is 0 Å². The first-order chi connectivity index (χ1) is 8.68. The zero-order chi connectivity index (χ0) is 13.0. The molecule has 2 fully saturated rings. The molecule has 0 aromatic rings. The molecule has 0 spiro atoms. The van der Waals surface area contributed by atoms with Gasteiger partial charge in [0.1, 0.15) is 0 Å². The SMILES string of the molecule is CCCC1(C(=O)N2CCCNC(=O)C2)CCNC1. The van der Waals surface area contributed by atoms with Crippen LogP contribution in [-0.4, -0.2) is 49.4 Å². The average Bonchev–Trinajstić information content (AvgIpc) is 2.72. The van der Waals surface area contributed by atoms with Crippen LogP contribution in [0.2, 0.25) is 0 Å². The van der Waals surface area contributed by atoms with Crippen LogP contribution in [0.5, 0.6) is 0 Å². The molecule has 5 nitrogen and oxygen atoms in total. The number of carbonyl (C=O) groups excluding carboxylic acids is 2. The van der Waals surface area contributed by atoms with Gasteiger partial charge in [-0.15, -0.1) is 0 Å². The first kappa shape index (κ1) is 13.3. The summed E-state index contributed by atoms with van der Waals surface area (Å²) in [6.45, 7) is 5.39. The number of amides is 2. The topological polar surface area (TPSA) is 61.4 Å². The zero-order valence-electron chi connectivity index (χ0n) is 11.1. The summed E-state index contributed by atoms with van der Waals surface area (Å²) in [6, 6.07) is 0. The molecule has 2 amide bonds. The minimum atomic E-state index is -0.265. The van der Waals surface area contributed by atoms with E-state index >= 15 is 0 Å². The quantitative estimate of drug-likeness (QED) is 0.751. The lowest BCUT2D eigenvalue weighted by Crippen LogP contribution is -2.47. The number of carbonyl (C=O) groups is 2. The molecule has 2 N–H and O–H groups in total. The van der Waals surface area contributed by atoms with E-state index in [-0.39, 0.29) is 23.8 Å². The lowest BCUT2D eigenvalue weighted by molar-refractivity contribution is -0.144. The zero-order valence-corrected chi connectivity index (χ0v) is 11.1. The van der Waals surface area contributed by atoms with E-state index in [0.29, 0.717) is 13.1 Å². The molecule has 2 aliphatic rings. The van der Waals surface area contributed by atoms with Gasteiger partial charge in [0, 0.05) is 19.6 Å². The van der Waals surface area contributed by atoms with Crippen molar-refractivity contribution < 1.29 is 9.59 Å². The Bertz CT molecular complexity index is 324. The van der Waals surface area contributed by atoms with Crippen molar-refractivity contribution in [2.24, 2.45) is 5.41 Å². The molecule has 0 saturated carbocycles. The van der Waals surface area contributed by atoms with Gasteiger partial charge in [-0.25, -0.2) is 0 Å². The molecule has 1 unspecified atom stereocenters. The lowest BCUT2D eigenvalue weighted by Gasteiger charge is -2.32. The summed E-state index contributed by atoms with van der Waals surface area (Å²) in [5.41, 5.74) is -0.265. The van der Waals surface area contributed by atoms with Gasteiger partial charge in [-0.3, -0.25) is 9.59 Å². The Kier molecular flexibility index (Phi) is 4.22. The van der Waals surface area contributed by atoms with E-state index in [0.717, 1.165) is 38.8 Å². The first-order valence-electron chi connectivity index (χ1n) is 6.95. The normalized spacial score (nSPS) is 28.9. The van der Waals surface area contributed by atoms with Gasteiger partial charge < -0.3 is 15.5 Å². The van der Waals surface area contributed by atoms with E-state index < -0.39 is 0 Å². The molecule has 102 valence electrons. The van der Waals surface area contributed by atoms with Crippen LogP contribution >= 0.6 is 0 Å². The summed E-state index contributed by atoms with van der Waals surface area (Å²) in [6.07, 6.45) is 3.68. The fourth-order valence-corrected chi connectivity index (χ4v) is 3.04. The van der Waals surface area contributed by atoms with Gasteiger partial charge in [0.2, 0.25) is 11.8 Å². The number of hydrogen-bond acceptors (Lipinski definition) is 3. The standard InChI is InChI=1S/C13H23N3O2/c1-2-4-13(5-7-14-10-13)12(18)16-8-3-6-15-11(17)9-16/h14H,2-10H2,1H3,(H,15,17). The molecular weight excluding hydrogens is 230 g/mol. The highest BCUT2D eigenvalue weighted by Crippen LogP contribution is 2.33. The fourth-order valence-electron chi connectivity index (χ4n) is 3.04. The van der Waals surface area contributed by atoms with Crippen molar-refractivity contribution in [1.29, 1.82) is 0 Å². The molecule has 0 bridgehead atoms. The smallest absolute Gasteiger partial charge is 0.239 e. The van der Waals surface area contributed by atoms with Gasteiger partial charge in [-0.2, -0.15) is 0 Å². The molecular formula is C13H23N3O2. The number of rotatable bonds is 3. The second kappa shape index (κ2) is 5.69. The Hall–Kier alpha value is -1.10. The molecule has 2 heterocycles. The molecule has 0 aromatic carbocycles. The van der Waals surface area contributed by atoms with Crippen LogP contribution in [0, 0.1) is 5.41 Å². The van der Waals surface area contributed by atoms with Crippen LogP contribution in [0.25, 0.3) is 0 Å². The van der Waals surface area contributed by atoms with Gasteiger partial charge >= 0.3 is 0 Å². The van der Waals surface area contributed by atoms with Crippen LogP contribution in [0.4, 0.5) is 0 Å². The highest BCUT2D eigenvalue weighted by Gasteiger charge is 2.43. The van der Waals surface area contributed by atoms with E-state index in [1.54, 1.807) is 4.90 Å². The predicted octanol–water partition coefficient (Wildman–Crippen LogP) is 0.115. The highest BCUT2D eigenvalue weighted by molar-refractivity contribution is 5.88. The Morgan fingerprint density at radius 3 is 2.94 bits per heavy atom. The molecule has 0 aliphatic carbocycles. The molecule has 18 heavy (non-hydrogen) atoms. The maximum atomic E-state index is 12.7. The van der Waals surface area contributed by atoms with Crippen molar-refractivity contribution in [3.05, 3.63) is 0 Å². The van der Waals surface area contributed by atoms with Crippen LogP contribution in [0.3, 0.4) is 0 Å². The van der Waals surface area contributed by atoms with E-state index in [1.165, 1.54) is 0 Å². The summed E-state index contributed by atoms with van der Waals surface area (Å²) in [5, 5.41) is 6.11. The number of nitrogens with zero attached hydrogens (tertiary/aromatic N) is 1. The van der Waals surface area contributed by atoms with Crippen LogP contribution in [-0.2, 0) is 9.59 Å². The molecule has 1 atom stereocenters. The summed E-state index contributed by atoms with van der Waals surface area (Å²) in [7, 11) is 0. The first-order valence-corrected chi connectivity index (χ1v) is 6.95.